The maximum atomic E-state index is 11.6. The lowest BCUT2D eigenvalue weighted by molar-refractivity contribution is -0.135. The summed E-state index contributed by atoms with van der Waals surface area (Å²) in [4.78, 5) is 10.3. The van der Waals surface area contributed by atoms with Gasteiger partial charge in [0.25, 0.3) is 0 Å². The van der Waals surface area contributed by atoms with Crippen molar-refractivity contribution in [3.63, 3.8) is 0 Å². The lowest BCUT2D eigenvalue weighted by atomic mass is 10.3. The van der Waals surface area contributed by atoms with Crippen molar-refractivity contribution in [3.05, 3.63) is 24.3 Å². The Bertz CT molecular complexity index is 480. The van der Waals surface area contributed by atoms with Crippen LogP contribution < -0.4 is 9.46 Å². The van der Waals surface area contributed by atoms with Crippen LogP contribution in [0.2, 0.25) is 0 Å². The molecule has 7 heteroatoms. The third kappa shape index (κ3) is 4.04. The van der Waals surface area contributed by atoms with Gasteiger partial charge in [0.2, 0.25) is 10.0 Å². The summed E-state index contributed by atoms with van der Waals surface area (Å²) in [6, 6.07) is 5.74. The maximum Gasteiger partial charge on any atom is 0.318 e. The molecule has 0 aliphatic heterocycles. The number of hydrogen-bond acceptors (Lipinski definition) is 4. The molecule has 6 nitrogen and oxygen atoms in total. The highest BCUT2D eigenvalue weighted by molar-refractivity contribution is 7.89. The zero-order valence-corrected chi connectivity index (χ0v) is 10.0. The molecule has 17 heavy (non-hydrogen) atoms. The van der Waals surface area contributed by atoms with Gasteiger partial charge in [-0.15, -0.1) is 0 Å². The third-order valence-corrected chi connectivity index (χ3v) is 3.28. The lowest BCUT2D eigenvalue weighted by Gasteiger charge is -2.06. The van der Waals surface area contributed by atoms with E-state index in [4.69, 9.17) is 9.84 Å². The zero-order valence-electron chi connectivity index (χ0n) is 9.21. The first-order valence-electron chi connectivity index (χ1n) is 4.90. The molecule has 0 aromatic heterocycles. The highest BCUT2D eigenvalue weighted by Gasteiger charge is 2.14. The van der Waals surface area contributed by atoms with Crippen molar-refractivity contribution in [2.24, 2.45) is 0 Å². The van der Waals surface area contributed by atoms with Gasteiger partial charge in [0, 0.05) is 0 Å². The first kappa shape index (κ1) is 13.5. The maximum absolute atomic E-state index is 11.6. The summed E-state index contributed by atoms with van der Waals surface area (Å²) in [5.41, 5.74) is 0. The number of carboxylic acids is 1. The highest BCUT2D eigenvalue weighted by atomic mass is 32.2. The van der Waals surface area contributed by atoms with Gasteiger partial charge in [-0.3, -0.25) is 4.79 Å². The van der Waals surface area contributed by atoms with Crippen molar-refractivity contribution in [1.29, 1.82) is 0 Å². The van der Waals surface area contributed by atoms with E-state index in [1.165, 1.54) is 24.3 Å². The molecule has 1 aromatic rings. The molecule has 0 aliphatic carbocycles. The first-order chi connectivity index (χ1) is 7.95. The molecule has 0 spiro atoms. The number of carboxylic acid groups (broad SMARTS) is 1. The number of nitrogens with one attached hydrogen (secondary N) is 1. The average molecular weight is 259 g/mol. The Morgan fingerprint density at radius 3 is 2.41 bits per heavy atom. The number of rotatable bonds is 6. The fourth-order valence-corrected chi connectivity index (χ4v) is 2.10. The molecule has 2 N–H and O–H groups in total. The van der Waals surface area contributed by atoms with E-state index in [-0.39, 0.29) is 4.90 Å². The molecule has 0 saturated carbocycles. The number of hydrogen-bond donors (Lipinski definition) is 2. The molecule has 1 rings (SSSR count). The molecule has 0 bridgehead atoms. The Kier molecular flexibility index (Phi) is 4.47. The molecule has 94 valence electrons. The molecule has 0 fully saturated rings. The van der Waals surface area contributed by atoms with Gasteiger partial charge in [0.05, 0.1) is 11.5 Å². The van der Waals surface area contributed by atoms with Gasteiger partial charge in [-0.05, 0) is 31.2 Å². The van der Waals surface area contributed by atoms with Crippen LogP contribution in [0, 0.1) is 0 Å². The number of sulfonamides is 1. The van der Waals surface area contributed by atoms with E-state index in [1.54, 1.807) is 0 Å². The van der Waals surface area contributed by atoms with Gasteiger partial charge in [0.1, 0.15) is 12.3 Å². The van der Waals surface area contributed by atoms with Crippen molar-refractivity contribution in [1.82, 2.24) is 4.72 Å². The fraction of sp³-hybridized carbons (Fsp3) is 0.300. The molecule has 0 atom stereocenters. The standard InChI is InChI=1S/C10H13NO5S/c1-2-16-8-3-5-9(6-4-8)17(14,15)11-7-10(12)13/h3-6,11H,2,7H2,1H3,(H,12,13). The molecule has 0 aliphatic rings. The second kappa shape index (κ2) is 5.65. The van der Waals surface area contributed by atoms with E-state index in [2.05, 4.69) is 0 Å². The smallest absolute Gasteiger partial charge is 0.318 e. The second-order valence-electron chi connectivity index (χ2n) is 3.12. The van der Waals surface area contributed by atoms with E-state index in [1.807, 2.05) is 11.6 Å². The Labute approximate surface area is 99.3 Å². The number of carbonyl (C=O) groups is 1. The Hall–Kier alpha value is -1.60. The quantitative estimate of drug-likeness (QED) is 0.773. The first-order valence-corrected chi connectivity index (χ1v) is 6.38. The van der Waals surface area contributed by atoms with Crippen LogP contribution in [-0.4, -0.2) is 32.6 Å². The fourth-order valence-electron chi connectivity index (χ4n) is 1.12. The van der Waals surface area contributed by atoms with Crippen LogP contribution in [0.4, 0.5) is 0 Å². The van der Waals surface area contributed by atoms with Crippen molar-refractivity contribution >= 4 is 16.0 Å². The summed E-state index contributed by atoms with van der Waals surface area (Å²) in [6.45, 7) is 1.66. The van der Waals surface area contributed by atoms with Gasteiger partial charge in [-0.25, -0.2) is 8.42 Å². The summed E-state index contributed by atoms with van der Waals surface area (Å²) in [7, 11) is -3.77. The van der Waals surface area contributed by atoms with Crippen LogP contribution >= 0.6 is 0 Å². The largest absolute Gasteiger partial charge is 0.494 e. The van der Waals surface area contributed by atoms with Gasteiger partial charge in [-0.2, -0.15) is 4.72 Å². The Morgan fingerprint density at radius 1 is 1.35 bits per heavy atom. The molecule has 1 aromatic carbocycles. The predicted molar refractivity (Wildman–Crippen MR) is 60.4 cm³/mol. The van der Waals surface area contributed by atoms with Crippen LogP contribution in [0.25, 0.3) is 0 Å². The summed E-state index contributed by atoms with van der Waals surface area (Å²) in [5, 5.41) is 8.39. The van der Waals surface area contributed by atoms with E-state index >= 15 is 0 Å². The van der Waals surface area contributed by atoms with Crippen LogP contribution in [0.5, 0.6) is 5.75 Å². The van der Waals surface area contributed by atoms with Crippen LogP contribution in [0.15, 0.2) is 29.2 Å². The molecule has 0 radical (unpaired) electrons. The van der Waals surface area contributed by atoms with Crippen molar-refractivity contribution < 1.29 is 23.1 Å². The Balaban J connectivity index is 2.81. The number of aliphatic carboxylic acids is 1. The number of benzene rings is 1. The number of ether oxygens (including phenoxy) is 1. The van der Waals surface area contributed by atoms with E-state index < -0.39 is 22.5 Å². The summed E-state index contributed by atoms with van der Waals surface area (Å²) in [5.74, 6) is -0.677. The minimum atomic E-state index is -3.77. The topological polar surface area (TPSA) is 92.7 Å². The molecule has 0 amide bonds. The SMILES string of the molecule is CCOc1ccc(S(=O)(=O)NCC(=O)O)cc1. The van der Waals surface area contributed by atoms with Crippen molar-refractivity contribution in [3.8, 4) is 5.75 Å². The van der Waals surface area contributed by atoms with Crippen LogP contribution in [-0.2, 0) is 14.8 Å². The highest BCUT2D eigenvalue weighted by Crippen LogP contribution is 2.15. The normalized spacial score (nSPS) is 11.1. The van der Waals surface area contributed by atoms with Crippen molar-refractivity contribution in [2.75, 3.05) is 13.2 Å². The Morgan fingerprint density at radius 2 is 1.94 bits per heavy atom. The van der Waals surface area contributed by atoms with Crippen molar-refractivity contribution in [2.45, 2.75) is 11.8 Å². The zero-order chi connectivity index (χ0) is 12.9. The molecule has 0 saturated heterocycles. The van der Waals surface area contributed by atoms with Gasteiger partial charge in [-0.1, -0.05) is 0 Å². The van der Waals surface area contributed by atoms with Crippen LogP contribution in [0.1, 0.15) is 6.92 Å². The lowest BCUT2D eigenvalue weighted by Crippen LogP contribution is -2.29. The summed E-state index contributed by atoms with van der Waals surface area (Å²) >= 11 is 0. The second-order valence-corrected chi connectivity index (χ2v) is 4.89. The van der Waals surface area contributed by atoms with Gasteiger partial charge in [0.15, 0.2) is 0 Å². The summed E-state index contributed by atoms with van der Waals surface area (Å²) < 4.78 is 30.3. The average Bonchev–Trinajstić information content (AvgIpc) is 2.28. The minimum absolute atomic E-state index is 0.00204. The molecular formula is C10H13NO5S. The molecule has 0 unspecified atom stereocenters. The molecule has 0 heterocycles. The molecular weight excluding hydrogens is 246 g/mol. The van der Waals surface area contributed by atoms with E-state index in [9.17, 15) is 13.2 Å². The third-order valence-electron chi connectivity index (χ3n) is 1.86. The minimum Gasteiger partial charge on any atom is -0.494 e. The monoisotopic (exact) mass is 259 g/mol. The van der Waals surface area contributed by atoms with Crippen LogP contribution in [0.3, 0.4) is 0 Å². The van der Waals surface area contributed by atoms with Gasteiger partial charge >= 0.3 is 5.97 Å². The predicted octanol–water partition coefficient (Wildman–Crippen LogP) is 0.448. The van der Waals surface area contributed by atoms with Gasteiger partial charge < -0.3 is 9.84 Å². The van der Waals surface area contributed by atoms with E-state index in [0.717, 1.165) is 0 Å². The van der Waals surface area contributed by atoms with E-state index in [0.29, 0.717) is 12.4 Å². The summed E-state index contributed by atoms with van der Waals surface area (Å²) in [6.07, 6.45) is 0.